The Morgan fingerprint density at radius 3 is 2.75 bits per heavy atom. The number of carbonyl (C=O) groups is 1. The highest BCUT2D eigenvalue weighted by Crippen LogP contribution is 2.32. The van der Waals surface area contributed by atoms with Crippen molar-refractivity contribution in [3.63, 3.8) is 0 Å². The van der Waals surface area contributed by atoms with Crippen molar-refractivity contribution in [2.75, 3.05) is 13.4 Å². The molecule has 0 saturated heterocycles. The van der Waals surface area contributed by atoms with E-state index in [1.54, 1.807) is 0 Å². The number of ether oxygens (including phenoxy) is 4. The fourth-order valence-electron chi connectivity index (χ4n) is 1.77. The maximum atomic E-state index is 11.5. The minimum Gasteiger partial charge on any atom is -0.460 e. The lowest BCUT2D eigenvalue weighted by Crippen LogP contribution is -2.24. The highest BCUT2D eigenvalue weighted by atomic mass is 16.7. The molecule has 0 amide bonds. The quantitative estimate of drug-likeness (QED) is 0.613. The molecule has 0 fully saturated rings. The van der Waals surface area contributed by atoms with Crippen LogP contribution in [0.25, 0.3) is 0 Å². The van der Waals surface area contributed by atoms with Gasteiger partial charge in [0.15, 0.2) is 11.5 Å². The summed E-state index contributed by atoms with van der Waals surface area (Å²) in [4.78, 5) is 11.5. The average molecular weight is 280 g/mol. The van der Waals surface area contributed by atoms with Gasteiger partial charge in [-0.15, -0.1) is 0 Å². The van der Waals surface area contributed by atoms with E-state index in [4.69, 9.17) is 18.9 Å². The first kappa shape index (κ1) is 14.7. The lowest BCUT2D eigenvalue weighted by Gasteiger charge is -2.19. The molecule has 0 aliphatic carbocycles. The summed E-state index contributed by atoms with van der Waals surface area (Å²) >= 11 is 0. The van der Waals surface area contributed by atoms with Gasteiger partial charge in [0.2, 0.25) is 6.79 Å². The molecule has 0 spiro atoms. The van der Waals surface area contributed by atoms with Gasteiger partial charge in [-0.1, -0.05) is 6.07 Å². The molecule has 5 heteroatoms. The van der Waals surface area contributed by atoms with Crippen LogP contribution in [-0.4, -0.2) is 25.0 Å². The number of hydrogen-bond donors (Lipinski definition) is 0. The lowest BCUT2D eigenvalue weighted by molar-refractivity contribution is -0.156. The molecule has 0 atom stereocenters. The highest BCUT2D eigenvalue weighted by molar-refractivity contribution is 5.69. The number of fused-ring (bicyclic) bond motifs is 1. The molecule has 0 radical (unpaired) electrons. The molecule has 0 N–H and O–H groups in total. The van der Waals surface area contributed by atoms with E-state index >= 15 is 0 Å². The van der Waals surface area contributed by atoms with Gasteiger partial charge in [-0.2, -0.15) is 0 Å². The van der Waals surface area contributed by atoms with Gasteiger partial charge in [0.25, 0.3) is 0 Å². The van der Waals surface area contributed by atoms with Crippen LogP contribution in [0.3, 0.4) is 0 Å². The second-order valence-electron chi connectivity index (χ2n) is 5.58. The first-order chi connectivity index (χ1) is 9.44. The summed E-state index contributed by atoms with van der Waals surface area (Å²) in [5.74, 6) is 1.24. The molecule has 5 nitrogen and oxygen atoms in total. The molecular weight excluding hydrogens is 260 g/mol. The Kier molecular flexibility index (Phi) is 4.49. The van der Waals surface area contributed by atoms with Crippen LogP contribution in [-0.2, 0) is 20.9 Å². The molecule has 0 bridgehead atoms. The summed E-state index contributed by atoms with van der Waals surface area (Å²) < 4.78 is 21.2. The van der Waals surface area contributed by atoms with E-state index in [0.717, 1.165) is 17.1 Å². The second kappa shape index (κ2) is 6.13. The van der Waals surface area contributed by atoms with Gasteiger partial charge >= 0.3 is 5.97 Å². The van der Waals surface area contributed by atoms with Gasteiger partial charge in [-0.25, -0.2) is 0 Å². The zero-order valence-electron chi connectivity index (χ0n) is 12.1. The topological polar surface area (TPSA) is 54.0 Å². The van der Waals surface area contributed by atoms with Crippen molar-refractivity contribution in [2.24, 2.45) is 0 Å². The number of benzene rings is 1. The first-order valence-corrected chi connectivity index (χ1v) is 6.62. The van der Waals surface area contributed by atoms with Crippen LogP contribution in [0, 0.1) is 0 Å². The van der Waals surface area contributed by atoms with Gasteiger partial charge in [-0.3, -0.25) is 4.79 Å². The maximum Gasteiger partial charge on any atom is 0.308 e. The predicted molar refractivity (Wildman–Crippen MR) is 72.7 cm³/mol. The van der Waals surface area contributed by atoms with Crippen LogP contribution in [0.15, 0.2) is 18.2 Å². The van der Waals surface area contributed by atoms with E-state index in [0.29, 0.717) is 13.2 Å². The summed E-state index contributed by atoms with van der Waals surface area (Å²) in [7, 11) is 0. The zero-order valence-corrected chi connectivity index (χ0v) is 12.1. The average Bonchev–Trinajstić information content (AvgIpc) is 2.79. The molecule has 0 aromatic heterocycles. The van der Waals surface area contributed by atoms with Crippen molar-refractivity contribution < 1.29 is 23.7 Å². The van der Waals surface area contributed by atoms with Crippen LogP contribution in [0.1, 0.15) is 32.8 Å². The van der Waals surface area contributed by atoms with Gasteiger partial charge in [0.1, 0.15) is 5.60 Å². The molecule has 1 aromatic rings. The van der Waals surface area contributed by atoms with Crippen molar-refractivity contribution in [3.8, 4) is 11.5 Å². The molecule has 1 aliphatic rings. The van der Waals surface area contributed by atoms with Gasteiger partial charge in [0.05, 0.1) is 19.6 Å². The molecule has 0 unspecified atom stereocenters. The van der Waals surface area contributed by atoms with Gasteiger partial charge in [0, 0.05) is 0 Å². The molecule has 0 saturated carbocycles. The Morgan fingerprint density at radius 2 is 2.00 bits per heavy atom. The normalized spacial score (nSPS) is 13.3. The summed E-state index contributed by atoms with van der Waals surface area (Å²) in [6.45, 7) is 6.57. The molecule has 110 valence electrons. The summed E-state index contributed by atoms with van der Waals surface area (Å²) in [5.41, 5.74) is 0.535. The fraction of sp³-hybridized carbons (Fsp3) is 0.533. The van der Waals surface area contributed by atoms with Crippen LogP contribution in [0.2, 0.25) is 0 Å². The molecule has 1 aliphatic heterocycles. The summed E-state index contributed by atoms with van der Waals surface area (Å²) in [5, 5.41) is 0. The minimum atomic E-state index is -0.450. The Bertz CT molecular complexity index is 476. The van der Waals surface area contributed by atoms with Crippen molar-refractivity contribution in [1.82, 2.24) is 0 Å². The summed E-state index contributed by atoms with van der Waals surface area (Å²) in [6.07, 6.45) is 0.252. The van der Waals surface area contributed by atoms with E-state index in [-0.39, 0.29) is 19.2 Å². The van der Waals surface area contributed by atoms with E-state index < -0.39 is 5.60 Å². The number of hydrogen-bond acceptors (Lipinski definition) is 5. The van der Waals surface area contributed by atoms with Crippen LogP contribution in [0.5, 0.6) is 11.5 Å². The Morgan fingerprint density at radius 1 is 1.25 bits per heavy atom. The Labute approximate surface area is 118 Å². The van der Waals surface area contributed by atoms with E-state index in [1.807, 2.05) is 39.0 Å². The van der Waals surface area contributed by atoms with Crippen molar-refractivity contribution in [2.45, 2.75) is 39.4 Å². The fourth-order valence-corrected chi connectivity index (χ4v) is 1.77. The molecular formula is C15H20O5. The molecule has 1 aromatic carbocycles. The van der Waals surface area contributed by atoms with E-state index in [2.05, 4.69) is 0 Å². The third-order valence-electron chi connectivity index (χ3n) is 2.58. The van der Waals surface area contributed by atoms with Crippen LogP contribution >= 0.6 is 0 Å². The van der Waals surface area contributed by atoms with Gasteiger partial charge in [-0.05, 0) is 38.5 Å². The third kappa shape index (κ3) is 4.42. The number of esters is 1. The second-order valence-corrected chi connectivity index (χ2v) is 5.58. The largest absolute Gasteiger partial charge is 0.460 e. The van der Waals surface area contributed by atoms with Crippen molar-refractivity contribution in [1.29, 1.82) is 0 Å². The van der Waals surface area contributed by atoms with Crippen molar-refractivity contribution in [3.05, 3.63) is 23.8 Å². The lowest BCUT2D eigenvalue weighted by atomic mass is 10.2. The monoisotopic (exact) mass is 280 g/mol. The smallest absolute Gasteiger partial charge is 0.308 e. The zero-order chi connectivity index (χ0) is 14.6. The predicted octanol–water partition coefficient (Wildman–Crippen LogP) is 2.66. The Balaban J connectivity index is 1.70. The SMILES string of the molecule is CC(C)(C)OC(=O)CCOCc1ccc2c(c1)OCO2. The first-order valence-electron chi connectivity index (χ1n) is 6.62. The highest BCUT2D eigenvalue weighted by Gasteiger charge is 2.16. The summed E-state index contributed by atoms with van der Waals surface area (Å²) in [6, 6.07) is 5.66. The Hall–Kier alpha value is -1.75. The number of carbonyl (C=O) groups excluding carboxylic acids is 1. The van der Waals surface area contributed by atoms with Crippen LogP contribution in [0.4, 0.5) is 0 Å². The van der Waals surface area contributed by atoms with E-state index in [1.165, 1.54) is 0 Å². The standard InChI is InChI=1S/C15H20O5/c1-15(2,3)20-14(16)6-7-17-9-11-4-5-12-13(8-11)19-10-18-12/h4-5,8H,6-7,9-10H2,1-3H3. The van der Waals surface area contributed by atoms with Crippen LogP contribution < -0.4 is 9.47 Å². The molecule has 20 heavy (non-hydrogen) atoms. The third-order valence-corrected chi connectivity index (χ3v) is 2.58. The minimum absolute atomic E-state index is 0.247. The molecule has 1 heterocycles. The maximum absolute atomic E-state index is 11.5. The van der Waals surface area contributed by atoms with Crippen molar-refractivity contribution >= 4 is 5.97 Å². The molecule has 2 rings (SSSR count). The number of rotatable bonds is 5. The van der Waals surface area contributed by atoms with E-state index in [9.17, 15) is 4.79 Å². The van der Waals surface area contributed by atoms with Gasteiger partial charge < -0.3 is 18.9 Å².